The molecule has 2 fully saturated rings. The van der Waals surface area contributed by atoms with Crippen LogP contribution in [0.2, 0.25) is 0 Å². The number of rotatable bonds is 6. The van der Waals surface area contributed by atoms with Crippen LogP contribution in [0.4, 0.5) is 13.2 Å². The molecule has 2 saturated carbocycles. The molecule has 4 nitrogen and oxygen atoms in total. The molecule has 0 radical (unpaired) electrons. The number of nitrogens with one attached hydrogen (secondary N) is 1. The molecule has 2 N–H and O–H groups in total. The number of carboxylic acid groups (broad SMARTS) is 1. The number of ether oxygens (including phenoxy) is 1. The minimum absolute atomic E-state index is 0.0234. The zero-order valence-corrected chi connectivity index (χ0v) is 20.2. The van der Waals surface area contributed by atoms with E-state index < -0.39 is 29.0 Å². The van der Waals surface area contributed by atoms with E-state index in [0.717, 1.165) is 31.2 Å². The van der Waals surface area contributed by atoms with Crippen molar-refractivity contribution in [3.63, 3.8) is 0 Å². The fraction of sp³-hybridized carbons (Fsp3) is 0.593. The number of aliphatic carboxylic acids is 1. The molecule has 186 valence electrons. The zero-order valence-electron chi connectivity index (χ0n) is 20.2. The summed E-state index contributed by atoms with van der Waals surface area (Å²) in [6.45, 7) is 7.90. The number of carbonyl (C=O) groups is 1. The van der Waals surface area contributed by atoms with Gasteiger partial charge in [0.05, 0.1) is 12.0 Å². The Labute approximate surface area is 198 Å². The topological polar surface area (TPSA) is 58.6 Å². The first-order valence-electron chi connectivity index (χ1n) is 12.2. The van der Waals surface area contributed by atoms with E-state index in [9.17, 15) is 23.1 Å². The van der Waals surface area contributed by atoms with Crippen LogP contribution in [0.1, 0.15) is 77.0 Å². The Morgan fingerprint density at radius 2 is 1.79 bits per heavy atom. The van der Waals surface area contributed by atoms with Gasteiger partial charge in [-0.3, -0.25) is 4.79 Å². The van der Waals surface area contributed by atoms with Gasteiger partial charge in [0.25, 0.3) is 0 Å². The molecule has 0 saturated heterocycles. The van der Waals surface area contributed by atoms with Crippen LogP contribution in [0.3, 0.4) is 0 Å². The van der Waals surface area contributed by atoms with Crippen molar-refractivity contribution in [3.8, 4) is 5.75 Å². The number of hydrogen-bond acceptors (Lipinski definition) is 3. The lowest BCUT2D eigenvalue weighted by molar-refractivity contribution is -0.155. The van der Waals surface area contributed by atoms with Gasteiger partial charge >= 0.3 is 12.1 Å². The van der Waals surface area contributed by atoms with E-state index in [1.165, 1.54) is 6.07 Å². The summed E-state index contributed by atoms with van der Waals surface area (Å²) in [6.07, 6.45) is -0.761. The summed E-state index contributed by atoms with van der Waals surface area (Å²) >= 11 is 0. The van der Waals surface area contributed by atoms with Gasteiger partial charge in [0.2, 0.25) is 0 Å². The second-order valence-corrected chi connectivity index (χ2v) is 10.8. The van der Waals surface area contributed by atoms with Gasteiger partial charge in [-0.2, -0.15) is 13.2 Å². The number of halogens is 3. The van der Waals surface area contributed by atoms with E-state index in [-0.39, 0.29) is 29.3 Å². The Balaban J connectivity index is 1.62. The van der Waals surface area contributed by atoms with Gasteiger partial charge in [0.1, 0.15) is 11.3 Å². The molecule has 3 atom stereocenters. The monoisotopic (exact) mass is 477 g/mol. The number of hydrogen-bond donors (Lipinski definition) is 2. The highest BCUT2D eigenvalue weighted by molar-refractivity contribution is 5.89. The molecule has 2 aliphatic carbocycles. The van der Waals surface area contributed by atoms with Crippen LogP contribution in [0, 0.1) is 17.3 Å². The van der Waals surface area contributed by atoms with Gasteiger partial charge < -0.3 is 15.2 Å². The molecule has 0 aromatic heterocycles. The Bertz CT molecular complexity index is 1060. The molecule has 2 unspecified atom stereocenters. The summed E-state index contributed by atoms with van der Waals surface area (Å²) in [5.41, 5.74) is -0.407. The van der Waals surface area contributed by atoms with E-state index in [4.69, 9.17) is 4.74 Å². The van der Waals surface area contributed by atoms with E-state index in [2.05, 4.69) is 12.2 Å². The van der Waals surface area contributed by atoms with Crippen LogP contribution in [0.25, 0.3) is 10.8 Å². The third-order valence-corrected chi connectivity index (χ3v) is 8.06. The van der Waals surface area contributed by atoms with Crippen molar-refractivity contribution < 1.29 is 27.8 Å². The number of alkyl halides is 3. The van der Waals surface area contributed by atoms with E-state index in [1.807, 2.05) is 26.8 Å². The van der Waals surface area contributed by atoms with Crippen molar-refractivity contribution >= 4 is 16.7 Å². The zero-order chi connectivity index (χ0) is 24.8. The van der Waals surface area contributed by atoms with Gasteiger partial charge in [-0.05, 0) is 78.8 Å². The molecule has 0 amide bonds. The summed E-state index contributed by atoms with van der Waals surface area (Å²) in [4.78, 5) is 11.4. The fourth-order valence-electron chi connectivity index (χ4n) is 5.53. The van der Waals surface area contributed by atoms with Crippen LogP contribution in [-0.2, 0) is 11.0 Å². The molecule has 7 heteroatoms. The van der Waals surface area contributed by atoms with Gasteiger partial charge in [-0.1, -0.05) is 39.0 Å². The molecule has 0 bridgehead atoms. The Morgan fingerprint density at radius 1 is 1.15 bits per heavy atom. The molecule has 0 heterocycles. The maximum Gasteiger partial charge on any atom is 0.420 e. The molecular formula is C27H34F3NO3. The van der Waals surface area contributed by atoms with Gasteiger partial charge in [0, 0.05) is 12.1 Å². The number of benzene rings is 2. The van der Waals surface area contributed by atoms with Gasteiger partial charge in [0.15, 0.2) is 0 Å². The molecule has 2 aliphatic rings. The lowest BCUT2D eigenvalue weighted by Crippen LogP contribution is -2.59. The first-order valence-corrected chi connectivity index (χ1v) is 12.2. The van der Waals surface area contributed by atoms with Crippen LogP contribution < -0.4 is 10.1 Å². The molecule has 0 aliphatic heterocycles. The summed E-state index contributed by atoms with van der Waals surface area (Å²) in [5.74, 6) is -0.743. The molecule has 4 rings (SSSR count). The summed E-state index contributed by atoms with van der Waals surface area (Å²) in [6, 6.07) is 8.05. The highest BCUT2D eigenvalue weighted by Gasteiger charge is 2.52. The highest BCUT2D eigenvalue weighted by Crippen LogP contribution is 2.47. The lowest BCUT2D eigenvalue weighted by Gasteiger charge is -2.51. The Kier molecular flexibility index (Phi) is 6.62. The fourth-order valence-corrected chi connectivity index (χ4v) is 5.53. The van der Waals surface area contributed by atoms with Gasteiger partial charge in [-0.15, -0.1) is 0 Å². The SMILES string of the molecule is CC1CCC(Oc2ccc3ccc(C(C)N[C@@H]4CC(C(=O)O)C4(C)C)cc3c2C(F)(F)F)CC1. The summed E-state index contributed by atoms with van der Waals surface area (Å²) < 4.78 is 48.7. The van der Waals surface area contributed by atoms with E-state index in [0.29, 0.717) is 17.7 Å². The van der Waals surface area contributed by atoms with Crippen molar-refractivity contribution in [1.29, 1.82) is 0 Å². The lowest BCUT2D eigenvalue weighted by atomic mass is 9.58. The second kappa shape index (κ2) is 9.06. The van der Waals surface area contributed by atoms with Crippen molar-refractivity contribution in [2.75, 3.05) is 0 Å². The van der Waals surface area contributed by atoms with Crippen LogP contribution in [0.15, 0.2) is 30.3 Å². The van der Waals surface area contributed by atoms with E-state index in [1.54, 1.807) is 18.2 Å². The quantitative estimate of drug-likeness (QED) is 0.472. The maximum absolute atomic E-state index is 14.3. The average Bonchev–Trinajstić information content (AvgIpc) is 2.76. The number of fused-ring (bicyclic) bond motifs is 1. The minimum atomic E-state index is -4.54. The van der Waals surface area contributed by atoms with E-state index >= 15 is 0 Å². The second-order valence-electron chi connectivity index (χ2n) is 10.8. The third-order valence-electron chi connectivity index (χ3n) is 8.06. The van der Waals surface area contributed by atoms with Crippen molar-refractivity contribution in [3.05, 3.63) is 41.5 Å². The normalized spacial score (nSPS) is 27.7. The largest absolute Gasteiger partial charge is 0.490 e. The molecule has 34 heavy (non-hydrogen) atoms. The van der Waals surface area contributed by atoms with Crippen molar-refractivity contribution in [1.82, 2.24) is 5.32 Å². The minimum Gasteiger partial charge on any atom is -0.490 e. The van der Waals surface area contributed by atoms with Crippen LogP contribution in [0.5, 0.6) is 5.75 Å². The smallest absolute Gasteiger partial charge is 0.420 e. The number of carboxylic acids is 1. The maximum atomic E-state index is 14.3. The van der Waals surface area contributed by atoms with Crippen molar-refractivity contribution in [2.45, 2.75) is 84.2 Å². The first kappa shape index (κ1) is 24.8. The van der Waals surface area contributed by atoms with Crippen LogP contribution >= 0.6 is 0 Å². The van der Waals surface area contributed by atoms with Gasteiger partial charge in [-0.25, -0.2) is 0 Å². The molecule has 2 aromatic rings. The predicted molar refractivity (Wildman–Crippen MR) is 126 cm³/mol. The average molecular weight is 478 g/mol. The Morgan fingerprint density at radius 3 is 2.38 bits per heavy atom. The molecular weight excluding hydrogens is 443 g/mol. The molecule has 0 spiro atoms. The summed E-state index contributed by atoms with van der Waals surface area (Å²) in [7, 11) is 0. The predicted octanol–water partition coefficient (Wildman–Crippen LogP) is 6.97. The van der Waals surface area contributed by atoms with Crippen LogP contribution in [-0.4, -0.2) is 23.2 Å². The molecule has 2 aromatic carbocycles. The third kappa shape index (κ3) is 4.77. The Hall–Kier alpha value is -2.28. The highest BCUT2D eigenvalue weighted by atomic mass is 19.4. The van der Waals surface area contributed by atoms with Crippen molar-refractivity contribution in [2.24, 2.45) is 17.3 Å². The first-order chi connectivity index (χ1) is 15.9. The standard InChI is InChI=1S/C27H34F3NO3/c1-15-5-10-19(11-6-15)34-22-12-9-17-7-8-18(13-20(17)24(22)27(28,29)30)16(2)31-23-14-21(25(32)33)26(23,3)4/h7-9,12-13,15-16,19,21,23,31H,5-6,10-11,14H2,1-4H3,(H,32,33)/t15?,16?,19?,21?,23-/m1/s1. The summed E-state index contributed by atoms with van der Waals surface area (Å²) in [5, 5.41) is 13.5.